The highest BCUT2D eigenvalue weighted by atomic mass is 79.9. The van der Waals surface area contributed by atoms with Crippen LogP contribution in [0.1, 0.15) is 6.42 Å². The van der Waals surface area contributed by atoms with Gasteiger partial charge in [-0.1, -0.05) is 23.3 Å². The Morgan fingerprint density at radius 1 is 1.42 bits per heavy atom. The number of benzene rings is 1. The van der Waals surface area contributed by atoms with Gasteiger partial charge in [0.2, 0.25) is 10.0 Å². The summed E-state index contributed by atoms with van der Waals surface area (Å²) in [5.41, 5.74) is 1.11. The van der Waals surface area contributed by atoms with Gasteiger partial charge in [0.05, 0.1) is 9.92 Å². The molecule has 0 aliphatic carbocycles. The summed E-state index contributed by atoms with van der Waals surface area (Å²) >= 11 is 9.07. The smallest absolute Gasteiger partial charge is 0.240 e. The first-order valence-corrected chi connectivity index (χ1v) is 8.48. The second-order valence-corrected chi connectivity index (χ2v) is 7.25. The molecule has 0 unspecified atom stereocenters. The summed E-state index contributed by atoms with van der Waals surface area (Å²) in [6.45, 7) is 2.04. The largest absolute Gasteiger partial charge is 0.313 e. The second-order valence-electron chi connectivity index (χ2n) is 4.22. The first-order valence-electron chi connectivity index (χ1n) is 5.82. The molecule has 0 atom stereocenters. The van der Waals surface area contributed by atoms with Gasteiger partial charge >= 0.3 is 0 Å². The highest BCUT2D eigenvalue weighted by Crippen LogP contribution is 2.25. The van der Waals surface area contributed by atoms with E-state index in [1.165, 1.54) is 12.1 Å². The molecule has 104 valence electrons. The molecule has 2 N–H and O–H groups in total. The fraction of sp³-hybridized carbons (Fsp3) is 0.333. The van der Waals surface area contributed by atoms with E-state index in [0.717, 1.165) is 25.1 Å². The van der Waals surface area contributed by atoms with Gasteiger partial charge in [-0.25, -0.2) is 13.1 Å². The van der Waals surface area contributed by atoms with Gasteiger partial charge in [-0.15, -0.1) is 0 Å². The molecule has 4 nitrogen and oxygen atoms in total. The Balaban J connectivity index is 2.09. The standard InChI is InChI=1S/C12H14BrClN2O2S/c13-11-7-10(1-2-12(11)14)19(17,18)16-8-9-3-5-15-6-4-9/h1-3,7,15-16H,4-6,8H2. The summed E-state index contributed by atoms with van der Waals surface area (Å²) in [5.74, 6) is 0. The topological polar surface area (TPSA) is 58.2 Å². The molecule has 0 fully saturated rings. The Morgan fingerprint density at radius 2 is 2.21 bits per heavy atom. The van der Waals surface area contributed by atoms with E-state index in [9.17, 15) is 8.42 Å². The minimum atomic E-state index is -3.50. The molecule has 2 rings (SSSR count). The lowest BCUT2D eigenvalue weighted by molar-refractivity contribution is 0.582. The van der Waals surface area contributed by atoms with Crippen LogP contribution in [0.5, 0.6) is 0 Å². The van der Waals surface area contributed by atoms with Crippen molar-refractivity contribution in [2.24, 2.45) is 0 Å². The van der Waals surface area contributed by atoms with Crippen molar-refractivity contribution in [2.45, 2.75) is 11.3 Å². The number of sulfonamides is 1. The van der Waals surface area contributed by atoms with Gasteiger partial charge in [0.25, 0.3) is 0 Å². The first-order chi connectivity index (χ1) is 8.99. The normalized spacial score (nSPS) is 16.2. The van der Waals surface area contributed by atoms with E-state index in [-0.39, 0.29) is 4.90 Å². The summed E-state index contributed by atoms with van der Waals surface area (Å²) in [6, 6.07) is 4.55. The zero-order chi connectivity index (χ0) is 13.9. The molecular formula is C12H14BrClN2O2S. The van der Waals surface area contributed by atoms with E-state index in [2.05, 4.69) is 26.0 Å². The van der Waals surface area contributed by atoms with Crippen molar-refractivity contribution in [3.8, 4) is 0 Å². The van der Waals surface area contributed by atoms with Gasteiger partial charge in [0, 0.05) is 17.6 Å². The van der Waals surface area contributed by atoms with Crippen LogP contribution in [0.25, 0.3) is 0 Å². The van der Waals surface area contributed by atoms with E-state index in [1.54, 1.807) is 6.07 Å². The highest BCUT2D eigenvalue weighted by molar-refractivity contribution is 9.10. The van der Waals surface area contributed by atoms with E-state index in [1.807, 2.05) is 6.08 Å². The van der Waals surface area contributed by atoms with Crippen molar-refractivity contribution in [3.05, 3.63) is 39.3 Å². The van der Waals surface area contributed by atoms with Crippen LogP contribution >= 0.6 is 27.5 Å². The van der Waals surface area contributed by atoms with Crippen molar-refractivity contribution in [3.63, 3.8) is 0 Å². The average molecular weight is 366 g/mol. The lowest BCUT2D eigenvalue weighted by Gasteiger charge is -2.15. The predicted molar refractivity (Wildman–Crippen MR) is 79.9 cm³/mol. The van der Waals surface area contributed by atoms with Crippen molar-refractivity contribution in [2.75, 3.05) is 19.6 Å². The van der Waals surface area contributed by atoms with Crippen molar-refractivity contribution < 1.29 is 8.42 Å². The Kier molecular flexibility index (Phi) is 5.03. The van der Waals surface area contributed by atoms with Crippen LogP contribution in [0.2, 0.25) is 5.02 Å². The van der Waals surface area contributed by atoms with E-state index >= 15 is 0 Å². The molecule has 0 aromatic heterocycles. The Morgan fingerprint density at radius 3 is 2.84 bits per heavy atom. The quantitative estimate of drug-likeness (QED) is 0.805. The minimum Gasteiger partial charge on any atom is -0.313 e. The molecular weight excluding hydrogens is 352 g/mol. The molecule has 0 bridgehead atoms. The Hall–Kier alpha value is -0.400. The third-order valence-corrected chi connectivity index (χ3v) is 5.46. The van der Waals surface area contributed by atoms with E-state index in [0.29, 0.717) is 16.0 Å². The summed E-state index contributed by atoms with van der Waals surface area (Å²) in [4.78, 5) is 0.207. The molecule has 0 amide bonds. The van der Waals surface area contributed by atoms with E-state index < -0.39 is 10.0 Å². The van der Waals surface area contributed by atoms with Crippen LogP contribution < -0.4 is 10.0 Å². The summed E-state index contributed by atoms with van der Waals surface area (Å²) in [5, 5.41) is 3.67. The van der Waals surface area contributed by atoms with Gasteiger partial charge in [0.15, 0.2) is 0 Å². The van der Waals surface area contributed by atoms with Crippen LogP contribution in [-0.4, -0.2) is 28.1 Å². The fourth-order valence-corrected chi connectivity index (χ4v) is 3.46. The monoisotopic (exact) mass is 364 g/mol. The van der Waals surface area contributed by atoms with Gasteiger partial charge < -0.3 is 5.32 Å². The molecule has 1 aliphatic rings. The lowest BCUT2D eigenvalue weighted by atomic mass is 10.1. The summed E-state index contributed by atoms with van der Waals surface area (Å²) in [7, 11) is -3.50. The van der Waals surface area contributed by atoms with Gasteiger partial charge in [-0.2, -0.15) is 0 Å². The number of hydrogen-bond donors (Lipinski definition) is 2. The molecule has 0 saturated heterocycles. The molecule has 1 aromatic rings. The van der Waals surface area contributed by atoms with Crippen LogP contribution in [0.4, 0.5) is 0 Å². The Labute approximate surface area is 126 Å². The predicted octanol–water partition coefficient (Wildman–Crippen LogP) is 2.30. The van der Waals surface area contributed by atoms with Crippen molar-refractivity contribution >= 4 is 37.6 Å². The maximum Gasteiger partial charge on any atom is 0.240 e. The van der Waals surface area contributed by atoms with Gasteiger partial charge in [-0.3, -0.25) is 0 Å². The fourth-order valence-electron chi connectivity index (χ4n) is 1.75. The van der Waals surface area contributed by atoms with Crippen LogP contribution in [0, 0.1) is 0 Å². The summed E-state index contributed by atoms with van der Waals surface area (Å²) < 4.78 is 27.4. The minimum absolute atomic E-state index is 0.207. The zero-order valence-corrected chi connectivity index (χ0v) is 13.3. The van der Waals surface area contributed by atoms with Gasteiger partial charge in [-0.05, 0) is 47.1 Å². The molecule has 1 aromatic carbocycles. The molecule has 0 saturated carbocycles. The molecule has 7 heteroatoms. The molecule has 1 heterocycles. The number of rotatable bonds is 4. The van der Waals surface area contributed by atoms with Crippen LogP contribution in [-0.2, 0) is 10.0 Å². The number of hydrogen-bond acceptors (Lipinski definition) is 3. The highest BCUT2D eigenvalue weighted by Gasteiger charge is 2.16. The third-order valence-electron chi connectivity index (χ3n) is 2.85. The number of halogens is 2. The van der Waals surface area contributed by atoms with Crippen LogP contribution in [0.15, 0.2) is 39.2 Å². The van der Waals surface area contributed by atoms with Crippen LogP contribution in [0.3, 0.4) is 0 Å². The van der Waals surface area contributed by atoms with Crippen molar-refractivity contribution in [1.82, 2.24) is 10.0 Å². The second kappa shape index (κ2) is 6.37. The van der Waals surface area contributed by atoms with Gasteiger partial charge in [0.1, 0.15) is 0 Å². The Bertz CT molecular complexity index is 602. The summed E-state index contributed by atoms with van der Waals surface area (Å²) in [6.07, 6.45) is 2.89. The lowest BCUT2D eigenvalue weighted by Crippen LogP contribution is -2.29. The number of nitrogens with one attached hydrogen (secondary N) is 2. The molecule has 1 aliphatic heterocycles. The molecule has 0 radical (unpaired) electrons. The molecule has 19 heavy (non-hydrogen) atoms. The first kappa shape index (κ1) is 15.0. The molecule has 0 spiro atoms. The van der Waals surface area contributed by atoms with E-state index in [4.69, 9.17) is 11.6 Å². The maximum atomic E-state index is 12.1. The average Bonchev–Trinajstić information content (AvgIpc) is 2.41. The third kappa shape index (κ3) is 4.03. The maximum absolute atomic E-state index is 12.1. The zero-order valence-electron chi connectivity index (χ0n) is 10.1. The van der Waals surface area contributed by atoms with Crippen molar-refractivity contribution in [1.29, 1.82) is 0 Å². The SMILES string of the molecule is O=S(=O)(NCC1=CCNCC1)c1ccc(Cl)c(Br)c1.